The fraction of sp³-hybridized carbons (Fsp3) is 0.333. The van der Waals surface area contributed by atoms with Crippen LogP contribution >= 0.6 is 0 Å². The summed E-state index contributed by atoms with van der Waals surface area (Å²) in [6.07, 6.45) is -1.54. The number of Topliss-reactive ketones (excluding diaryl/α,β-unsaturated/α-hetero) is 1. The van der Waals surface area contributed by atoms with Gasteiger partial charge in [0.05, 0.1) is 6.42 Å². The second-order valence-corrected chi connectivity index (χ2v) is 9.17. The fourth-order valence-electron chi connectivity index (χ4n) is 3.60. The number of rotatable bonds is 12. The van der Waals surface area contributed by atoms with Gasteiger partial charge in [0.1, 0.15) is 30.2 Å². The van der Waals surface area contributed by atoms with Crippen molar-refractivity contribution >= 4 is 40.8 Å². The van der Waals surface area contributed by atoms with Crippen LogP contribution in [0.5, 0.6) is 0 Å². The van der Waals surface area contributed by atoms with Gasteiger partial charge in [-0.3, -0.25) is 19.2 Å². The van der Waals surface area contributed by atoms with E-state index in [1.165, 1.54) is 6.92 Å². The van der Waals surface area contributed by atoms with E-state index in [0.717, 1.165) is 5.56 Å². The van der Waals surface area contributed by atoms with E-state index in [2.05, 4.69) is 20.9 Å². The van der Waals surface area contributed by atoms with Crippen LogP contribution in [0.3, 0.4) is 0 Å². The van der Waals surface area contributed by atoms with Gasteiger partial charge in [-0.05, 0) is 30.5 Å². The first kappa shape index (κ1) is 28.8. The van der Waals surface area contributed by atoms with Crippen molar-refractivity contribution in [1.82, 2.24) is 20.9 Å². The summed E-state index contributed by atoms with van der Waals surface area (Å²) >= 11 is 0. The number of ketones is 1. The number of para-hydroxylation sites is 2. The number of aliphatic carboxylic acids is 1. The molecule has 3 atom stereocenters. The molecule has 1 heterocycles. The molecule has 0 aliphatic carbocycles. The molecule has 1 aromatic heterocycles. The van der Waals surface area contributed by atoms with Gasteiger partial charge in [-0.15, -0.1) is 0 Å². The minimum atomic E-state index is -1.49. The predicted molar refractivity (Wildman–Crippen MR) is 139 cm³/mol. The molecule has 3 aromatic rings. The van der Waals surface area contributed by atoms with Crippen molar-refractivity contribution in [3.05, 3.63) is 66.1 Å². The Morgan fingerprint density at radius 2 is 1.56 bits per heavy atom. The zero-order valence-corrected chi connectivity index (χ0v) is 21.7. The first-order valence-electron chi connectivity index (χ1n) is 12.2. The van der Waals surface area contributed by atoms with E-state index in [0.29, 0.717) is 11.1 Å². The minimum Gasteiger partial charge on any atom is -0.481 e. The quantitative estimate of drug-likeness (QED) is 0.252. The van der Waals surface area contributed by atoms with Crippen LogP contribution in [0.2, 0.25) is 0 Å². The van der Waals surface area contributed by atoms with Crippen LogP contribution in [0, 0.1) is 5.92 Å². The van der Waals surface area contributed by atoms with Crippen molar-refractivity contribution < 1.29 is 38.2 Å². The van der Waals surface area contributed by atoms with Crippen LogP contribution in [0.1, 0.15) is 43.4 Å². The Balaban J connectivity index is 1.61. The number of nitrogens with one attached hydrogen (secondary N) is 3. The van der Waals surface area contributed by atoms with Crippen molar-refractivity contribution in [1.29, 1.82) is 0 Å². The van der Waals surface area contributed by atoms with Crippen LogP contribution in [-0.2, 0) is 25.7 Å². The highest BCUT2D eigenvalue weighted by Gasteiger charge is 2.32. The third-order valence-electron chi connectivity index (χ3n) is 5.70. The summed E-state index contributed by atoms with van der Waals surface area (Å²) < 4.78 is 10.6. The number of carboxylic acid groups (broad SMARTS) is 1. The molecule has 0 radical (unpaired) electrons. The lowest BCUT2D eigenvalue weighted by Gasteiger charge is -2.24. The van der Waals surface area contributed by atoms with Crippen LogP contribution in [0.15, 0.2) is 59.0 Å². The van der Waals surface area contributed by atoms with Gasteiger partial charge in [0.25, 0.3) is 5.89 Å². The summed E-state index contributed by atoms with van der Waals surface area (Å²) in [5.41, 5.74) is 1.50. The third kappa shape index (κ3) is 8.12. The summed E-state index contributed by atoms with van der Waals surface area (Å²) in [7, 11) is 0. The lowest BCUT2D eigenvalue weighted by molar-refractivity contribution is -0.137. The van der Waals surface area contributed by atoms with Crippen molar-refractivity contribution in [3.63, 3.8) is 0 Å². The summed E-state index contributed by atoms with van der Waals surface area (Å²) in [5.74, 6) is -4.34. The number of hydrogen-bond acceptors (Lipinski definition) is 8. The summed E-state index contributed by atoms with van der Waals surface area (Å²) in [6.45, 7) is 4.78. The Kier molecular flexibility index (Phi) is 9.74. The van der Waals surface area contributed by atoms with E-state index >= 15 is 0 Å². The van der Waals surface area contributed by atoms with Gasteiger partial charge in [0.15, 0.2) is 5.58 Å². The molecule has 3 rings (SSSR count). The molecule has 12 nitrogen and oxygen atoms in total. The number of oxazole rings is 1. The number of alkyl carbamates (subject to hydrolysis) is 1. The molecule has 0 saturated carbocycles. The maximum atomic E-state index is 12.9. The summed E-state index contributed by atoms with van der Waals surface area (Å²) in [5, 5.41) is 16.6. The molecule has 12 heteroatoms. The highest BCUT2D eigenvalue weighted by Crippen LogP contribution is 2.17. The van der Waals surface area contributed by atoms with Crippen LogP contribution in [0.25, 0.3) is 11.1 Å². The number of benzene rings is 2. The molecule has 0 spiro atoms. The molecular formula is C27H30N4O8. The Labute approximate surface area is 224 Å². The van der Waals surface area contributed by atoms with Gasteiger partial charge < -0.3 is 30.2 Å². The van der Waals surface area contributed by atoms with Gasteiger partial charge in [-0.1, -0.05) is 56.3 Å². The number of carbonyl (C=O) groups is 5. The van der Waals surface area contributed by atoms with E-state index in [4.69, 9.17) is 9.15 Å². The highest BCUT2D eigenvalue weighted by atomic mass is 16.5. The van der Waals surface area contributed by atoms with E-state index in [1.807, 2.05) is 6.07 Å². The third-order valence-corrected chi connectivity index (χ3v) is 5.70. The highest BCUT2D eigenvalue weighted by molar-refractivity contribution is 6.02. The molecule has 206 valence electrons. The first-order valence-corrected chi connectivity index (χ1v) is 12.2. The van der Waals surface area contributed by atoms with Crippen molar-refractivity contribution in [3.8, 4) is 0 Å². The number of aromatic nitrogens is 1. The topological polar surface area (TPSA) is 177 Å². The molecule has 0 fully saturated rings. The predicted octanol–water partition coefficient (Wildman–Crippen LogP) is 2.43. The molecule has 1 unspecified atom stereocenters. The van der Waals surface area contributed by atoms with E-state index < -0.39 is 54.2 Å². The van der Waals surface area contributed by atoms with Crippen LogP contribution in [-0.4, -0.2) is 57.9 Å². The van der Waals surface area contributed by atoms with Gasteiger partial charge in [-0.25, -0.2) is 9.78 Å². The number of ether oxygens (including phenoxy) is 1. The second kappa shape index (κ2) is 13.2. The second-order valence-electron chi connectivity index (χ2n) is 9.17. The molecule has 4 N–H and O–H groups in total. The van der Waals surface area contributed by atoms with Gasteiger partial charge in [-0.2, -0.15) is 0 Å². The summed E-state index contributed by atoms with van der Waals surface area (Å²) in [6, 6.07) is 11.9. The number of carbonyl (C=O) groups excluding carboxylic acids is 4. The smallest absolute Gasteiger partial charge is 0.408 e. The first-order chi connectivity index (χ1) is 18.5. The molecule has 0 aliphatic heterocycles. The van der Waals surface area contributed by atoms with Crippen molar-refractivity contribution in [2.24, 2.45) is 5.92 Å². The van der Waals surface area contributed by atoms with Crippen molar-refractivity contribution in [2.75, 3.05) is 0 Å². The largest absolute Gasteiger partial charge is 0.481 e. The molecular weight excluding hydrogens is 508 g/mol. The van der Waals surface area contributed by atoms with Crippen molar-refractivity contribution in [2.45, 2.75) is 51.9 Å². The van der Waals surface area contributed by atoms with E-state index in [9.17, 15) is 29.1 Å². The normalized spacial score (nSPS) is 13.2. The maximum Gasteiger partial charge on any atom is 0.408 e. The number of hydrogen-bond donors (Lipinski definition) is 4. The number of carboxylic acids is 1. The molecule has 2 aromatic carbocycles. The monoisotopic (exact) mass is 538 g/mol. The molecule has 0 bridgehead atoms. The van der Waals surface area contributed by atoms with E-state index in [1.54, 1.807) is 62.4 Å². The number of nitrogens with zero attached hydrogens (tertiary/aromatic N) is 1. The average molecular weight is 539 g/mol. The lowest BCUT2D eigenvalue weighted by atomic mass is 10.0. The van der Waals surface area contributed by atoms with Crippen LogP contribution < -0.4 is 16.0 Å². The van der Waals surface area contributed by atoms with Crippen LogP contribution in [0.4, 0.5) is 4.79 Å². The average Bonchev–Trinajstić information content (AvgIpc) is 3.34. The SMILES string of the molecule is CC(C)[C@H](NC(=O)OCc1ccccc1)C(=O)N[C@@H](C)C(=O)NC(CC(=O)O)C(=O)c1nc2ccccc2o1. The molecule has 0 aliphatic rings. The standard InChI is InChI=1S/C27H30N4O8/c1-15(2)22(31-27(37)38-14-17-9-5-4-6-10-17)25(36)28-16(3)24(35)29-19(13-21(32)33)23(34)26-30-18-11-7-8-12-20(18)39-26/h4-12,15-16,19,22H,13-14H2,1-3H3,(H,28,36)(H,29,35)(H,31,37)(H,32,33)/t16-,19?,22-/m0/s1. The van der Waals surface area contributed by atoms with Gasteiger partial charge in [0, 0.05) is 0 Å². The van der Waals surface area contributed by atoms with E-state index in [-0.39, 0.29) is 18.4 Å². The summed E-state index contributed by atoms with van der Waals surface area (Å²) in [4.78, 5) is 66.4. The zero-order valence-electron chi connectivity index (χ0n) is 21.7. The Morgan fingerprint density at radius 3 is 2.21 bits per heavy atom. The lowest BCUT2D eigenvalue weighted by Crippen LogP contribution is -2.56. The number of amides is 3. The minimum absolute atomic E-state index is 0.0109. The number of fused-ring (bicyclic) bond motifs is 1. The maximum absolute atomic E-state index is 12.9. The Bertz CT molecular complexity index is 1300. The fourth-order valence-corrected chi connectivity index (χ4v) is 3.60. The van der Waals surface area contributed by atoms with Gasteiger partial charge in [0.2, 0.25) is 17.6 Å². The molecule has 39 heavy (non-hydrogen) atoms. The van der Waals surface area contributed by atoms with Gasteiger partial charge >= 0.3 is 12.1 Å². The zero-order chi connectivity index (χ0) is 28.5. The Hall–Kier alpha value is -4.74. The molecule has 0 saturated heterocycles. The Morgan fingerprint density at radius 1 is 0.897 bits per heavy atom. The molecule has 3 amide bonds.